The maximum Gasteiger partial charge on any atom is 0.271 e. The molecule has 0 bridgehead atoms. The van der Waals surface area contributed by atoms with Gasteiger partial charge in [0.2, 0.25) is 0 Å². The van der Waals surface area contributed by atoms with Crippen LogP contribution in [0.5, 0.6) is 0 Å². The molecule has 5 heteroatoms. The summed E-state index contributed by atoms with van der Waals surface area (Å²) >= 11 is 7.63. The first kappa shape index (κ1) is 17.5. The largest absolute Gasteiger partial charge is 0.350 e. The number of rotatable bonds is 3. The first-order valence-electron chi connectivity index (χ1n) is 9.06. The van der Waals surface area contributed by atoms with Gasteiger partial charge >= 0.3 is 0 Å². The van der Waals surface area contributed by atoms with Gasteiger partial charge in [-0.1, -0.05) is 54.4 Å². The number of hydrogen-bond acceptors (Lipinski definition) is 2. The zero-order valence-electron chi connectivity index (χ0n) is 14.5. The second kappa shape index (κ2) is 7.77. The molecule has 0 unspecified atom stereocenters. The van der Waals surface area contributed by atoms with Gasteiger partial charge in [0.1, 0.15) is 5.69 Å². The van der Waals surface area contributed by atoms with Gasteiger partial charge in [0.25, 0.3) is 5.91 Å². The summed E-state index contributed by atoms with van der Waals surface area (Å²) in [6, 6.07) is 15.9. The lowest BCUT2D eigenvalue weighted by Crippen LogP contribution is -2.32. The molecular formula is C21H21ClN2OS. The molecule has 1 saturated heterocycles. The number of carbonyl (C=O) groups excluding carboxylic acids is 1. The molecule has 0 atom stereocenters. The van der Waals surface area contributed by atoms with Crippen molar-refractivity contribution in [3.05, 3.63) is 59.2 Å². The minimum atomic E-state index is 0.111. The van der Waals surface area contributed by atoms with Crippen molar-refractivity contribution in [3.8, 4) is 0 Å². The molecule has 1 aromatic heterocycles. The van der Waals surface area contributed by atoms with E-state index in [1.165, 1.54) is 12.8 Å². The van der Waals surface area contributed by atoms with Crippen molar-refractivity contribution < 1.29 is 4.79 Å². The molecule has 4 rings (SSSR count). The van der Waals surface area contributed by atoms with E-state index in [1.807, 2.05) is 47.4 Å². The first-order valence-corrected chi connectivity index (χ1v) is 10.3. The molecular weight excluding hydrogens is 364 g/mol. The molecule has 26 heavy (non-hydrogen) atoms. The predicted octanol–water partition coefficient (Wildman–Crippen LogP) is 5.99. The molecule has 2 aromatic carbocycles. The van der Waals surface area contributed by atoms with Crippen LogP contribution < -0.4 is 0 Å². The summed E-state index contributed by atoms with van der Waals surface area (Å²) < 4.78 is 0. The van der Waals surface area contributed by atoms with Crippen molar-refractivity contribution >= 4 is 40.2 Å². The summed E-state index contributed by atoms with van der Waals surface area (Å²) in [4.78, 5) is 20.7. The highest BCUT2D eigenvalue weighted by Crippen LogP contribution is 2.37. The number of H-pyrrole nitrogens is 1. The van der Waals surface area contributed by atoms with Crippen LogP contribution in [0.15, 0.2) is 58.3 Å². The molecule has 3 aromatic rings. The van der Waals surface area contributed by atoms with Crippen molar-refractivity contribution in [3.63, 3.8) is 0 Å². The van der Waals surface area contributed by atoms with E-state index in [0.717, 1.165) is 46.6 Å². The van der Waals surface area contributed by atoms with Gasteiger partial charge in [-0.2, -0.15) is 0 Å². The Balaban J connectivity index is 1.73. The van der Waals surface area contributed by atoms with Crippen LogP contribution in [0.3, 0.4) is 0 Å². The van der Waals surface area contributed by atoms with Gasteiger partial charge in [-0.3, -0.25) is 4.79 Å². The summed E-state index contributed by atoms with van der Waals surface area (Å²) in [5, 5.41) is 1.81. The third-order valence-electron chi connectivity index (χ3n) is 4.80. The van der Waals surface area contributed by atoms with Gasteiger partial charge in [-0.15, -0.1) is 0 Å². The molecule has 1 aliphatic rings. The van der Waals surface area contributed by atoms with Crippen molar-refractivity contribution in [2.24, 2.45) is 0 Å². The maximum absolute atomic E-state index is 13.2. The fraction of sp³-hybridized carbons (Fsp3) is 0.286. The molecule has 1 amide bonds. The zero-order valence-corrected chi connectivity index (χ0v) is 16.1. The fourth-order valence-corrected chi connectivity index (χ4v) is 4.59. The highest BCUT2D eigenvalue weighted by molar-refractivity contribution is 7.99. The summed E-state index contributed by atoms with van der Waals surface area (Å²) in [7, 11) is 0. The molecule has 0 spiro atoms. The van der Waals surface area contributed by atoms with Gasteiger partial charge in [0, 0.05) is 33.9 Å². The highest BCUT2D eigenvalue weighted by Gasteiger charge is 2.24. The summed E-state index contributed by atoms with van der Waals surface area (Å²) in [5.41, 5.74) is 1.70. The quantitative estimate of drug-likeness (QED) is 0.602. The van der Waals surface area contributed by atoms with E-state index in [1.54, 1.807) is 11.8 Å². The predicted molar refractivity (Wildman–Crippen MR) is 108 cm³/mol. The van der Waals surface area contributed by atoms with Gasteiger partial charge in [-0.05, 0) is 43.2 Å². The minimum absolute atomic E-state index is 0.111. The SMILES string of the molecule is O=C(c1[nH]c2ccccc2c1Sc1ccc(Cl)cc1)N1CCCCCC1. The Labute approximate surface area is 162 Å². The molecule has 0 radical (unpaired) electrons. The monoisotopic (exact) mass is 384 g/mol. The number of para-hydroxylation sites is 1. The van der Waals surface area contributed by atoms with E-state index in [2.05, 4.69) is 11.1 Å². The van der Waals surface area contributed by atoms with E-state index in [-0.39, 0.29) is 5.91 Å². The van der Waals surface area contributed by atoms with Crippen LogP contribution in [0.4, 0.5) is 0 Å². The fourth-order valence-electron chi connectivity index (χ4n) is 3.43. The lowest BCUT2D eigenvalue weighted by molar-refractivity contribution is 0.0753. The summed E-state index contributed by atoms with van der Waals surface area (Å²) in [6.45, 7) is 1.69. The summed E-state index contributed by atoms with van der Waals surface area (Å²) in [6.07, 6.45) is 4.60. The number of aromatic amines is 1. The summed E-state index contributed by atoms with van der Waals surface area (Å²) in [5.74, 6) is 0.111. The molecule has 0 aliphatic carbocycles. The van der Waals surface area contributed by atoms with Gasteiger partial charge in [-0.25, -0.2) is 0 Å². The molecule has 2 heterocycles. The van der Waals surface area contributed by atoms with E-state index in [9.17, 15) is 4.79 Å². The smallest absolute Gasteiger partial charge is 0.271 e. The Morgan fingerprint density at radius 3 is 2.38 bits per heavy atom. The molecule has 3 nitrogen and oxygen atoms in total. The second-order valence-corrected chi connectivity index (χ2v) is 8.16. The average molecular weight is 385 g/mol. The third kappa shape index (κ3) is 3.62. The Bertz CT molecular complexity index is 911. The van der Waals surface area contributed by atoms with Crippen molar-refractivity contribution in [2.75, 3.05) is 13.1 Å². The lowest BCUT2D eigenvalue weighted by atomic mass is 10.2. The first-order chi connectivity index (χ1) is 12.7. The Kier molecular flexibility index (Phi) is 5.23. The van der Waals surface area contributed by atoms with Crippen LogP contribution in [0.2, 0.25) is 5.02 Å². The van der Waals surface area contributed by atoms with E-state index >= 15 is 0 Å². The molecule has 1 aliphatic heterocycles. The number of carbonyl (C=O) groups is 1. The topological polar surface area (TPSA) is 36.1 Å². The maximum atomic E-state index is 13.2. The highest BCUT2D eigenvalue weighted by atomic mass is 35.5. The second-order valence-electron chi connectivity index (χ2n) is 6.64. The molecule has 134 valence electrons. The minimum Gasteiger partial charge on any atom is -0.350 e. The number of nitrogens with zero attached hydrogens (tertiary/aromatic N) is 1. The number of hydrogen-bond donors (Lipinski definition) is 1. The van der Waals surface area contributed by atoms with Crippen LogP contribution in [-0.4, -0.2) is 28.9 Å². The number of fused-ring (bicyclic) bond motifs is 1. The Morgan fingerprint density at radius 1 is 0.962 bits per heavy atom. The van der Waals surface area contributed by atoms with E-state index in [4.69, 9.17) is 11.6 Å². The van der Waals surface area contributed by atoms with Crippen molar-refractivity contribution in [1.82, 2.24) is 9.88 Å². The molecule has 0 saturated carbocycles. The van der Waals surface area contributed by atoms with Crippen LogP contribution in [-0.2, 0) is 0 Å². The van der Waals surface area contributed by atoms with Crippen molar-refractivity contribution in [2.45, 2.75) is 35.5 Å². The number of nitrogens with one attached hydrogen (secondary N) is 1. The lowest BCUT2D eigenvalue weighted by Gasteiger charge is -2.20. The van der Waals surface area contributed by atoms with E-state index in [0.29, 0.717) is 10.7 Å². The van der Waals surface area contributed by atoms with Crippen LogP contribution in [0, 0.1) is 0 Å². The van der Waals surface area contributed by atoms with Crippen molar-refractivity contribution in [1.29, 1.82) is 0 Å². The Hall–Kier alpha value is -1.91. The van der Waals surface area contributed by atoms with Gasteiger partial charge in [0.05, 0.1) is 4.90 Å². The average Bonchev–Trinajstić information content (AvgIpc) is 2.83. The van der Waals surface area contributed by atoms with Gasteiger partial charge in [0.15, 0.2) is 0 Å². The molecule has 1 fully saturated rings. The van der Waals surface area contributed by atoms with Crippen LogP contribution in [0.25, 0.3) is 10.9 Å². The number of aromatic nitrogens is 1. The van der Waals surface area contributed by atoms with E-state index < -0.39 is 0 Å². The third-order valence-corrected chi connectivity index (χ3v) is 6.19. The number of halogens is 1. The van der Waals surface area contributed by atoms with Gasteiger partial charge < -0.3 is 9.88 Å². The molecule has 1 N–H and O–H groups in total. The number of amides is 1. The normalized spacial score (nSPS) is 15.2. The number of benzene rings is 2. The number of likely N-dealkylation sites (tertiary alicyclic amines) is 1. The standard InChI is InChI=1S/C21H21ClN2OS/c22-15-9-11-16(12-10-15)26-20-17-7-3-4-8-18(17)23-19(20)21(25)24-13-5-1-2-6-14-24/h3-4,7-12,23H,1-2,5-6,13-14H2. The Morgan fingerprint density at radius 2 is 1.65 bits per heavy atom. The van der Waals surface area contributed by atoms with Crippen LogP contribution in [0.1, 0.15) is 36.2 Å². The van der Waals surface area contributed by atoms with Crippen LogP contribution >= 0.6 is 23.4 Å². The zero-order chi connectivity index (χ0) is 17.9.